The second-order valence-electron chi connectivity index (χ2n) is 0.900. The summed E-state index contributed by atoms with van der Waals surface area (Å²) in [6, 6.07) is 0. The van der Waals surface area contributed by atoms with Crippen LogP contribution in [-0.4, -0.2) is 12.3 Å². The van der Waals surface area contributed by atoms with Crippen molar-refractivity contribution >= 4 is 9.24 Å². The summed E-state index contributed by atoms with van der Waals surface area (Å²) in [4.78, 5) is 0. The fourth-order valence-corrected chi connectivity index (χ4v) is 0. The molecular weight excluding hydrogens is 83.0 g/mol. The molecule has 32 valence electrons. The van der Waals surface area contributed by atoms with Gasteiger partial charge in [0, 0.05) is 12.3 Å². The molecule has 0 rings (SSSR count). The Morgan fingerprint density at radius 3 is 2.00 bits per heavy atom. The summed E-state index contributed by atoms with van der Waals surface area (Å²) in [6.45, 7) is 0.546. The maximum atomic E-state index is 5.13. The average molecular weight is 92.1 g/mol. The van der Waals surface area contributed by atoms with E-state index in [-0.39, 0.29) is 5.78 Å². The first-order valence-corrected chi connectivity index (χ1v) is 2.15. The highest BCUT2D eigenvalue weighted by molar-refractivity contribution is 7.17. The molecule has 0 spiro atoms. The maximum Gasteiger partial charge on any atom is 0.0308 e. The molecule has 0 aromatic heterocycles. The van der Waals surface area contributed by atoms with Crippen LogP contribution in [0, 0.1) is 0 Å². The summed E-state index contributed by atoms with van der Waals surface area (Å²) in [5.74, 6) is 0.0787. The van der Waals surface area contributed by atoms with Crippen molar-refractivity contribution in [2.75, 3.05) is 6.54 Å². The van der Waals surface area contributed by atoms with E-state index in [0.717, 1.165) is 0 Å². The molecule has 0 radical (unpaired) electrons. The van der Waals surface area contributed by atoms with Crippen molar-refractivity contribution in [1.29, 1.82) is 0 Å². The van der Waals surface area contributed by atoms with Gasteiger partial charge in [-0.3, -0.25) is 0 Å². The van der Waals surface area contributed by atoms with Crippen LogP contribution in [0.25, 0.3) is 0 Å². The largest absolute Gasteiger partial charge is 0.329 e. The molecule has 5 heavy (non-hydrogen) atoms. The van der Waals surface area contributed by atoms with Gasteiger partial charge in [0.25, 0.3) is 0 Å². The fraction of sp³-hybridized carbons (Fsp3) is 1.00. The molecule has 0 aromatic carbocycles. The first kappa shape index (κ1) is 5.35. The number of hydrogen-bond donors (Lipinski definition) is 2. The Bertz CT molecular complexity index is 21.6. The van der Waals surface area contributed by atoms with Crippen molar-refractivity contribution < 1.29 is 0 Å². The Labute approximate surface area is 34.1 Å². The highest BCUT2D eigenvalue weighted by Gasteiger charge is 1.79. The molecular formula is C2H9N2P. The lowest BCUT2D eigenvalue weighted by molar-refractivity contribution is 0.914. The SMILES string of the molecule is NCC(N)P. The molecule has 4 N–H and O–H groups in total. The molecule has 2 unspecified atom stereocenters. The van der Waals surface area contributed by atoms with Gasteiger partial charge in [-0.05, 0) is 0 Å². The Kier molecular flexibility index (Phi) is 2.76. The predicted octanol–water partition coefficient (Wildman–Crippen LogP) is -0.895. The molecule has 2 nitrogen and oxygen atoms in total. The minimum atomic E-state index is 0.0787. The first-order valence-electron chi connectivity index (χ1n) is 1.48. The van der Waals surface area contributed by atoms with Crippen LogP contribution in [0.1, 0.15) is 0 Å². The van der Waals surface area contributed by atoms with Gasteiger partial charge in [-0.25, -0.2) is 0 Å². The van der Waals surface area contributed by atoms with E-state index in [1.165, 1.54) is 0 Å². The van der Waals surface area contributed by atoms with Gasteiger partial charge in [-0.1, -0.05) is 0 Å². The van der Waals surface area contributed by atoms with Gasteiger partial charge in [0.1, 0.15) is 0 Å². The molecule has 0 aliphatic carbocycles. The van der Waals surface area contributed by atoms with Gasteiger partial charge < -0.3 is 11.5 Å². The van der Waals surface area contributed by atoms with Gasteiger partial charge in [0.15, 0.2) is 0 Å². The van der Waals surface area contributed by atoms with E-state index in [4.69, 9.17) is 11.5 Å². The zero-order chi connectivity index (χ0) is 4.28. The number of rotatable bonds is 1. The molecule has 0 heterocycles. The van der Waals surface area contributed by atoms with Crippen LogP contribution in [0.4, 0.5) is 0 Å². The second kappa shape index (κ2) is 2.58. The molecule has 0 saturated heterocycles. The van der Waals surface area contributed by atoms with Crippen LogP contribution in [0.2, 0.25) is 0 Å². The number of nitrogens with two attached hydrogens (primary N) is 2. The van der Waals surface area contributed by atoms with Crippen molar-refractivity contribution in [1.82, 2.24) is 0 Å². The van der Waals surface area contributed by atoms with Gasteiger partial charge in [0.05, 0.1) is 0 Å². The normalized spacial score (nSPS) is 15.0. The highest BCUT2D eigenvalue weighted by atomic mass is 31.0. The average Bonchev–Trinajstić information content (AvgIpc) is 1.38. The summed E-state index contributed by atoms with van der Waals surface area (Å²) in [5.41, 5.74) is 10.2. The third-order valence-electron chi connectivity index (χ3n) is 0.272. The van der Waals surface area contributed by atoms with Crippen LogP contribution in [0.5, 0.6) is 0 Å². The van der Waals surface area contributed by atoms with E-state index in [1.807, 2.05) is 0 Å². The molecule has 0 amide bonds. The standard InChI is InChI=1S/C2H9N2P/c3-1-2(4)5/h2H,1,3-5H2. The van der Waals surface area contributed by atoms with Crippen LogP contribution >= 0.6 is 9.24 Å². The Hall–Kier alpha value is 0.350. The molecule has 0 bridgehead atoms. The molecule has 2 atom stereocenters. The lowest BCUT2D eigenvalue weighted by Crippen LogP contribution is -2.21. The van der Waals surface area contributed by atoms with E-state index in [0.29, 0.717) is 6.54 Å². The number of hydrogen-bond acceptors (Lipinski definition) is 2. The highest BCUT2D eigenvalue weighted by Crippen LogP contribution is 1.81. The quantitative estimate of drug-likeness (QED) is 0.412. The summed E-state index contributed by atoms with van der Waals surface area (Å²) in [5, 5.41) is 0. The summed E-state index contributed by atoms with van der Waals surface area (Å²) in [6.07, 6.45) is 0. The van der Waals surface area contributed by atoms with Gasteiger partial charge in [-0.2, -0.15) is 0 Å². The molecule has 0 aliphatic heterocycles. The smallest absolute Gasteiger partial charge is 0.0308 e. The Morgan fingerprint density at radius 2 is 2.00 bits per heavy atom. The monoisotopic (exact) mass is 92.1 g/mol. The van der Waals surface area contributed by atoms with E-state index in [2.05, 4.69) is 9.24 Å². The minimum Gasteiger partial charge on any atom is -0.329 e. The predicted molar refractivity (Wildman–Crippen MR) is 26.7 cm³/mol. The van der Waals surface area contributed by atoms with E-state index >= 15 is 0 Å². The first-order chi connectivity index (χ1) is 2.27. The van der Waals surface area contributed by atoms with E-state index in [1.54, 1.807) is 0 Å². The third-order valence-corrected chi connectivity index (χ3v) is 0.544. The lowest BCUT2D eigenvalue weighted by atomic mass is 10.7. The molecule has 3 heteroatoms. The Morgan fingerprint density at radius 1 is 1.80 bits per heavy atom. The molecule has 0 saturated carbocycles. The van der Waals surface area contributed by atoms with Crippen LogP contribution in [-0.2, 0) is 0 Å². The van der Waals surface area contributed by atoms with E-state index < -0.39 is 0 Å². The maximum absolute atomic E-state index is 5.13. The van der Waals surface area contributed by atoms with Gasteiger partial charge in [-0.15, -0.1) is 9.24 Å². The molecule has 0 fully saturated rings. The zero-order valence-corrected chi connectivity index (χ0v) is 4.17. The Balaban J connectivity index is 2.54. The molecule has 0 aromatic rings. The summed E-state index contributed by atoms with van der Waals surface area (Å²) >= 11 is 0. The second-order valence-corrected chi connectivity index (χ2v) is 1.76. The van der Waals surface area contributed by atoms with Crippen LogP contribution in [0.3, 0.4) is 0 Å². The van der Waals surface area contributed by atoms with Crippen molar-refractivity contribution in [3.63, 3.8) is 0 Å². The summed E-state index contributed by atoms with van der Waals surface area (Å²) in [7, 11) is 2.39. The lowest BCUT2D eigenvalue weighted by Gasteiger charge is -1.92. The van der Waals surface area contributed by atoms with E-state index in [9.17, 15) is 0 Å². The van der Waals surface area contributed by atoms with Gasteiger partial charge in [0.2, 0.25) is 0 Å². The fourth-order valence-electron chi connectivity index (χ4n) is 0. The van der Waals surface area contributed by atoms with Crippen molar-refractivity contribution in [3.8, 4) is 0 Å². The topological polar surface area (TPSA) is 52.0 Å². The van der Waals surface area contributed by atoms with Crippen molar-refractivity contribution in [3.05, 3.63) is 0 Å². The van der Waals surface area contributed by atoms with Crippen molar-refractivity contribution in [2.45, 2.75) is 5.78 Å². The van der Waals surface area contributed by atoms with Crippen LogP contribution < -0.4 is 11.5 Å². The zero-order valence-electron chi connectivity index (χ0n) is 3.02. The van der Waals surface area contributed by atoms with Crippen molar-refractivity contribution in [2.24, 2.45) is 11.5 Å². The van der Waals surface area contributed by atoms with Crippen LogP contribution in [0.15, 0.2) is 0 Å². The van der Waals surface area contributed by atoms with Gasteiger partial charge >= 0.3 is 0 Å². The third kappa shape index (κ3) is 4.35. The summed E-state index contributed by atoms with van der Waals surface area (Å²) < 4.78 is 0. The molecule has 0 aliphatic rings. The minimum absolute atomic E-state index is 0.0787.